The summed E-state index contributed by atoms with van der Waals surface area (Å²) >= 11 is 0. The third kappa shape index (κ3) is 5.54. The lowest BCUT2D eigenvalue weighted by Crippen LogP contribution is -2.24. The summed E-state index contributed by atoms with van der Waals surface area (Å²) in [5.74, 6) is 0. The van der Waals surface area contributed by atoms with Gasteiger partial charge in [0.1, 0.15) is 5.58 Å². The maximum absolute atomic E-state index is 7.80. The lowest BCUT2D eigenvalue weighted by Gasteiger charge is -2.37. The molecule has 1 heterocycles. The summed E-state index contributed by atoms with van der Waals surface area (Å²) in [5, 5.41) is 9.56. The number of hydrogen-bond acceptors (Lipinski definition) is 3. The van der Waals surface area contributed by atoms with Gasteiger partial charge in [0.05, 0.1) is 17.9 Å². The third-order valence-corrected chi connectivity index (χ3v) is 13.6. The molecule has 0 fully saturated rings. The highest BCUT2D eigenvalue weighted by molar-refractivity contribution is 6.25. The van der Waals surface area contributed by atoms with Crippen molar-refractivity contribution < 1.29 is 4.42 Å². The van der Waals surface area contributed by atoms with Crippen LogP contribution in [0.25, 0.3) is 70.2 Å². The number of rotatable bonds is 6. The highest BCUT2D eigenvalue weighted by atomic mass is 16.3. The first-order valence-electron chi connectivity index (χ1n) is 22.0. The van der Waals surface area contributed by atoms with Gasteiger partial charge in [0.2, 0.25) is 0 Å². The van der Waals surface area contributed by atoms with E-state index in [9.17, 15) is 0 Å². The van der Waals surface area contributed by atoms with Gasteiger partial charge in [-0.2, -0.15) is 0 Å². The minimum Gasteiger partial charge on any atom is -0.454 e. The van der Waals surface area contributed by atoms with Gasteiger partial charge in [-0.1, -0.05) is 141 Å². The number of benzene rings is 10. The second-order valence-electron chi connectivity index (χ2n) is 17.7. The smallest absolute Gasteiger partial charge is 0.187 e. The second-order valence-corrected chi connectivity index (χ2v) is 17.7. The summed E-state index contributed by atoms with van der Waals surface area (Å²) in [5.41, 5.74) is 15.7. The van der Waals surface area contributed by atoms with Gasteiger partial charge in [-0.15, -0.1) is 0 Å². The van der Waals surface area contributed by atoms with Crippen molar-refractivity contribution in [1.82, 2.24) is 0 Å². The molecule has 0 atom stereocenters. The first-order valence-corrected chi connectivity index (χ1v) is 22.0. The molecule has 12 rings (SSSR count). The van der Waals surface area contributed by atoms with E-state index in [0.29, 0.717) is 5.69 Å². The zero-order valence-electron chi connectivity index (χ0n) is 36.1. The van der Waals surface area contributed by atoms with E-state index in [1.807, 2.05) is 18.2 Å². The number of anilines is 6. The van der Waals surface area contributed by atoms with Crippen molar-refractivity contribution in [2.45, 2.75) is 33.1 Å². The Morgan fingerprint density at radius 3 is 1.80 bits per heavy atom. The summed E-state index contributed by atoms with van der Waals surface area (Å²) in [7, 11) is 0. The zero-order valence-corrected chi connectivity index (χ0v) is 36.1. The minimum absolute atomic E-state index is 0.326. The number of fused-ring (bicyclic) bond motifs is 9. The maximum Gasteiger partial charge on any atom is 0.187 e. The molecular formula is C60H43N3O. The molecule has 0 saturated carbocycles. The van der Waals surface area contributed by atoms with Gasteiger partial charge < -0.3 is 14.2 Å². The Balaban J connectivity index is 1.11. The highest BCUT2D eigenvalue weighted by Gasteiger charge is 2.35. The van der Waals surface area contributed by atoms with Gasteiger partial charge in [-0.05, 0) is 135 Å². The molecule has 0 aliphatic heterocycles. The van der Waals surface area contributed by atoms with Crippen molar-refractivity contribution in [1.29, 1.82) is 0 Å². The molecule has 4 nitrogen and oxygen atoms in total. The monoisotopic (exact) mass is 821 g/mol. The van der Waals surface area contributed by atoms with Crippen LogP contribution in [0.4, 0.5) is 39.8 Å². The average molecular weight is 822 g/mol. The van der Waals surface area contributed by atoms with Crippen molar-refractivity contribution in [3.8, 4) is 11.1 Å². The molecule has 64 heavy (non-hydrogen) atoms. The fourth-order valence-corrected chi connectivity index (χ4v) is 10.8. The Morgan fingerprint density at radius 2 is 1.06 bits per heavy atom. The Bertz CT molecular complexity index is 3720. The molecule has 0 spiro atoms. The topological polar surface area (TPSA) is 24.0 Å². The van der Waals surface area contributed by atoms with E-state index in [1.54, 1.807) is 0 Å². The van der Waals surface area contributed by atoms with Crippen molar-refractivity contribution in [3.05, 3.63) is 222 Å². The molecule has 1 aromatic heterocycles. The quantitative estimate of drug-likeness (QED) is 0.123. The first kappa shape index (κ1) is 37.6. The van der Waals surface area contributed by atoms with Gasteiger partial charge in [-0.25, -0.2) is 4.85 Å². The molecule has 0 radical (unpaired) electrons. The predicted molar refractivity (Wildman–Crippen MR) is 269 cm³/mol. The Kier molecular flexibility index (Phi) is 8.35. The molecule has 1 aliphatic carbocycles. The van der Waals surface area contributed by atoms with Gasteiger partial charge in [-0.3, -0.25) is 0 Å². The minimum atomic E-state index is -0.326. The van der Waals surface area contributed by atoms with Crippen LogP contribution >= 0.6 is 0 Å². The molecule has 0 N–H and O–H groups in total. The second kappa shape index (κ2) is 14.2. The zero-order chi connectivity index (χ0) is 43.3. The van der Waals surface area contributed by atoms with Crippen molar-refractivity contribution >= 4 is 94.1 Å². The van der Waals surface area contributed by atoms with Gasteiger partial charge in [0, 0.05) is 44.3 Å². The van der Waals surface area contributed by atoms with Crippen molar-refractivity contribution in [2.24, 2.45) is 0 Å². The lowest BCUT2D eigenvalue weighted by molar-refractivity contribution is 0.645. The number of aryl methyl sites for hydroxylation is 2. The molecule has 304 valence electrons. The van der Waals surface area contributed by atoms with Crippen molar-refractivity contribution in [2.75, 3.05) is 9.80 Å². The van der Waals surface area contributed by atoms with E-state index >= 15 is 0 Å². The van der Waals surface area contributed by atoms with E-state index in [2.05, 4.69) is 212 Å². The summed E-state index contributed by atoms with van der Waals surface area (Å²) < 4.78 is 6.66. The van der Waals surface area contributed by atoms with E-state index in [0.717, 1.165) is 67.2 Å². The molecule has 0 saturated heterocycles. The van der Waals surface area contributed by atoms with Crippen LogP contribution in [0.1, 0.15) is 36.1 Å². The fourth-order valence-electron chi connectivity index (χ4n) is 10.8. The molecule has 0 unspecified atom stereocenters. The average Bonchev–Trinajstić information content (AvgIpc) is 3.72. The Hall–Kier alpha value is -8.13. The van der Waals surface area contributed by atoms with E-state index < -0.39 is 0 Å². The van der Waals surface area contributed by atoms with Gasteiger partial charge >= 0.3 is 0 Å². The van der Waals surface area contributed by atoms with Gasteiger partial charge in [0.15, 0.2) is 11.3 Å². The van der Waals surface area contributed by atoms with Gasteiger partial charge in [0.25, 0.3) is 0 Å². The summed E-state index contributed by atoms with van der Waals surface area (Å²) in [6.45, 7) is 16.8. The SMILES string of the molecule is [C-]#[N+]c1cc(C)c(N(c2ccccc2)c2cc3c4cccc5c4c(cc3c3ccccc23)-c2ccc(N(c3ccccc3)c3cccc4c3oc3ccccc34)cc2C5(C)C)c(C)c1. The van der Waals surface area contributed by atoms with Crippen LogP contribution in [0.3, 0.4) is 0 Å². The first-order chi connectivity index (χ1) is 31.3. The summed E-state index contributed by atoms with van der Waals surface area (Å²) in [6, 6.07) is 67.8. The van der Waals surface area contributed by atoms with Crippen LogP contribution in [0.2, 0.25) is 0 Å². The highest BCUT2D eigenvalue weighted by Crippen LogP contribution is 2.54. The lowest BCUT2D eigenvalue weighted by atomic mass is 9.68. The van der Waals surface area contributed by atoms with Crippen molar-refractivity contribution in [3.63, 3.8) is 0 Å². The standard InChI is InChI=1S/C60H43N3O/c1-37-32-39(61-5)33-38(2)58(37)63(41-20-10-7-11-21-41)55-36-50-47-25-16-27-52-57(47)51(35-49(50)43-22-12-13-23-45(43)55)44-31-30-42(34-53(44)60(52,3)4)62(40-18-8-6-9-19-40)54-28-17-26-48-46-24-14-15-29-56(46)64-59(48)54/h6-36H,1-4H3. The van der Waals surface area contributed by atoms with E-state index in [1.165, 1.54) is 54.6 Å². The van der Waals surface area contributed by atoms with E-state index in [4.69, 9.17) is 11.0 Å². The summed E-state index contributed by atoms with van der Waals surface area (Å²) in [4.78, 5) is 8.56. The third-order valence-electron chi connectivity index (χ3n) is 13.6. The molecule has 10 aromatic carbocycles. The Morgan fingerprint density at radius 1 is 0.453 bits per heavy atom. The predicted octanol–water partition coefficient (Wildman–Crippen LogP) is 17.5. The fraction of sp³-hybridized carbons (Fsp3) is 0.0833. The van der Waals surface area contributed by atoms with Crippen LogP contribution in [0.5, 0.6) is 0 Å². The number of hydrogen-bond donors (Lipinski definition) is 0. The Labute approximate surface area is 372 Å². The molecule has 11 aromatic rings. The van der Waals surface area contributed by atoms with Crippen LogP contribution in [0.15, 0.2) is 192 Å². The van der Waals surface area contributed by atoms with Crippen LogP contribution in [0, 0.1) is 20.4 Å². The molecule has 4 heteroatoms. The molecule has 0 bridgehead atoms. The van der Waals surface area contributed by atoms with E-state index in [-0.39, 0.29) is 5.41 Å². The summed E-state index contributed by atoms with van der Waals surface area (Å²) in [6.07, 6.45) is 0. The molecular weight excluding hydrogens is 779 g/mol. The normalized spacial score (nSPS) is 12.8. The number of furan rings is 1. The molecule has 1 aliphatic rings. The number of para-hydroxylation sites is 4. The van der Waals surface area contributed by atoms with Crippen LogP contribution in [-0.4, -0.2) is 0 Å². The van der Waals surface area contributed by atoms with Crippen LogP contribution in [-0.2, 0) is 5.41 Å². The van der Waals surface area contributed by atoms with Crippen LogP contribution < -0.4 is 9.80 Å². The largest absolute Gasteiger partial charge is 0.454 e. The molecule has 0 amide bonds. The number of nitrogens with zero attached hydrogens (tertiary/aromatic N) is 3. The maximum atomic E-state index is 7.80.